The van der Waals surface area contributed by atoms with Crippen molar-refractivity contribution in [3.8, 4) is 0 Å². The summed E-state index contributed by atoms with van der Waals surface area (Å²) in [6.45, 7) is 10.6. The van der Waals surface area contributed by atoms with Gasteiger partial charge < -0.3 is 20.5 Å². The van der Waals surface area contributed by atoms with E-state index in [9.17, 15) is 9.59 Å². The highest BCUT2D eigenvalue weighted by atomic mass is 16.6. The van der Waals surface area contributed by atoms with Crippen LogP contribution in [0.5, 0.6) is 0 Å². The average molecular weight is 524 g/mol. The van der Waals surface area contributed by atoms with Crippen molar-refractivity contribution >= 4 is 12.1 Å². The summed E-state index contributed by atoms with van der Waals surface area (Å²) in [5.74, 6) is -0.0913. The number of nitrogens with zero attached hydrogens (tertiary/aromatic N) is 1. The fourth-order valence-electron chi connectivity index (χ4n) is 5.37. The molecule has 0 saturated carbocycles. The standard InChI is InChI=1S/C31H45N3O4/c1-6-13-26(22(2)32)27(18-23-14-9-7-10-15-23)34-20-25(19-28(34)29(35)38-31(3,4)5)33-30(36)37-21-24-16-11-8-12-17-24/h7-12,14-17,22,25-28H,6,13,18-21,32H2,1-5H3,(H,33,36)/t22?,25?,26-,27-,28?/m0/s1. The van der Waals surface area contributed by atoms with Crippen LogP contribution in [-0.4, -0.2) is 53.3 Å². The van der Waals surface area contributed by atoms with Crippen LogP contribution in [0.4, 0.5) is 4.79 Å². The molecular weight excluding hydrogens is 478 g/mol. The number of rotatable bonds is 11. The molecule has 1 aliphatic heterocycles. The third-order valence-corrected chi connectivity index (χ3v) is 7.06. The highest BCUT2D eigenvalue weighted by molar-refractivity contribution is 5.77. The first kappa shape index (κ1) is 29.7. The predicted molar refractivity (Wildman–Crippen MR) is 150 cm³/mol. The number of nitrogens with one attached hydrogen (secondary N) is 1. The Kier molecular flexibility index (Phi) is 10.7. The number of nitrogens with two attached hydrogens (primary N) is 1. The summed E-state index contributed by atoms with van der Waals surface area (Å²) in [4.78, 5) is 28.4. The number of hydrogen-bond donors (Lipinski definition) is 2. The lowest BCUT2D eigenvalue weighted by molar-refractivity contribution is -0.161. The average Bonchev–Trinajstić information content (AvgIpc) is 3.28. The van der Waals surface area contributed by atoms with Gasteiger partial charge in [0.05, 0.1) is 0 Å². The first-order valence-electron chi connectivity index (χ1n) is 13.8. The molecule has 0 bridgehead atoms. The Morgan fingerprint density at radius 1 is 1.05 bits per heavy atom. The van der Waals surface area contributed by atoms with Crippen LogP contribution in [0.3, 0.4) is 0 Å². The van der Waals surface area contributed by atoms with Crippen LogP contribution in [-0.2, 0) is 27.3 Å². The molecular formula is C31H45N3O4. The second-order valence-corrected chi connectivity index (χ2v) is 11.5. The van der Waals surface area contributed by atoms with E-state index in [4.69, 9.17) is 15.2 Å². The van der Waals surface area contributed by atoms with E-state index in [2.05, 4.69) is 29.3 Å². The van der Waals surface area contributed by atoms with Crippen LogP contribution >= 0.6 is 0 Å². The SMILES string of the molecule is CCC[C@@H](C(C)N)[C@H](Cc1ccccc1)N1CC(NC(=O)OCc2ccccc2)CC1C(=O)OC(C)(C)C. The highest BCUT2D eigenvalue weighted by Gasteiger charge is 2.45. The number of likely N-dealkylation sites (tertiary alicyclic amines) is 1. The number of hydrogen-bond acceptors (Lipinski definition) is 6. The van der Waals surface area contributed by atoms with Gasteiger partial charge in [-0.3, -0.25) is 9.69 Å². The summed E-state index contributed by atoms with van der Waals surface area (Å²) in [6.07, 6.45) is 2.68. The number of carbonyl (C=O) groups is 2. The molecule has 2 aromatic rings. The number of carbonyl (C=O) groups excluding carboxylic acids is 2. The molecule has 1 heterocycles. The van der Waals surface area contributed by atoms with Gasteiger partial charge in [0.25, 0.3) is 0 Å². The van der Waals surface area contributed by atoms with Crippen LogP contribution in [0.15, 0.2) is 60.7 Å². The third-order valence-electron chi connectivity index (χ3n) is 7.06. The lowest BCUT2D eigenvalue weighted by Gasteiger charge is -2.40. The normalized spacial score (nSPS) is 20.4. The maximum Gasteiger partial charge on any atom is 0.407 e. The molecule has 3 N–H and O–H groups in total. The minimum atomic E-state index is -0.609. The molecule has 1 amide bonds. The van der Waals surface area contributed by atoms with Crippen molar-refractivity contribution in [1.29, 1.82) is 0 Å². The maximum absolute atomic E-state index is 13.5. The molecule has 1 saturated heterocycles. The Hall–Kier alpha value is -2.90. The molecule has 7 nitrogen and oxygen atoms in total. The zero-order chi connectivity index (χ0) is 27.7. The zero-order valence-electron chi connectivity index (χ0n) is 23.6. The summed E-state index contributed by atoms with van der Waals surface area (Å²) >= 11 is 0. The first-order chi connectivity index (χ1) is 18.1. The molecule has 0 aliphatic carbocycles. The summed E-state index contributed by atoms with van der Waals surface area (Å²) in [7, 11) is 0. The smallest absolute Gasteiger partial charge is 0.407 e. The molecule has 38 heavy (non-hydrogen) atoms. The lowest BCUT2D eigenvalue weighted by Crippen LogP contribution is -2.53. The van der Waals surface area contributed by atoms with Gasteiger partial charge >= 0.3 is 12.1 Å². The number of alkyl carbamates (subject to hydrolysis) is 1. The fourth-order valence-corrected chi connectivity index (χ4v) is 5.37. The molecule has 2 aromatic carbocycles. The Bertz CT molecular complexity index is 1010. The largest absolute Gasteiger partial charge is 0.459 e. The van der Waals surface area contributed by atoms with Crippen LogP contribution in [0.1, 0.15) is 65.0 Å². The van der Waals surface area contributed by atoms with Gasteiger partial charge in [0.15, 0.2) is 0 Å². The second kappa shape index (κ2) is 13.8. The Morgan fingerprint density at radius 3 is 2.21 bits per heavy atom. The number of amides is 1. The van der Waals surface area contributed by atoms with Crippen LogP contribution in [0, 0.1) is 5.92 Å². The van der Waals surface area contributed by atoms with Crippen molar-refractivity contribution in [3.63, 3.8) is 0 Å². The van der Waals surface area contributed by atoms with Gasteiger partial charge in [0.2, 0.25) is 0 Å². The van der Waals surface area contributed by atoms with Gasteiger partial charge in [0.1, 0.15) is 18.2 Å². The Labute approximate surface area is 228 Å². The van der Waals surface area contributed by atoms with Crippen molar-refractivity contribution < 1.29 is 19.1 Å². The summed E-state index contributed by atoms with van der Waals surface area (Å²) in [5, 5.41) is 3.00. The van der Waals surface area contributed by atoms with Crippen LogP contribution < -0.4 is 11.1 Å². The zero-order valence-corrected chi connectivity index (χ0v) is 23.6. The lowest BCUT2D eigenvalue weighted by atomic mass is 9.84. The molecule has 3 unspecified atom stereocenters. The van der Waals surface area contributed by atoms with Gasteiger partial charge in [-0.2, -0.15) is 0 Å². The minimum absolute atomic E-state index is 0.0157. The van der Waals surface area contributed by atoms with Crippen LogP contribution in [0.25, 0.3) is 0 Å². The van der Waals surface area contributed by atoms with Gasteiger partial charge in [-0.25, -0.2) is 4.79 Å². The summed E-state index contributed by atoms with van der Waals surface area (Å²) in [5.41, 5.74) is 8.05. The molecule has 0 radical (unpaired) electrons. The molecule has 3 rings (SSSR count). The number of benzene rings is 2. The van der Waals surface area contributed by atoms with Crippen molar-refractivity contribution in [2.75, 3.05) is 6.54 Å². The van der Waals surface area contributed by atoms with Gasteiger partial charge in [0, 0.05) is 24.7 Å². The van der Waals surface area contributed by atoms with Gasteiger partial charge in [-0.05, 0) is 64.0 Å². The van der Waals surface area contributed by atoms with E-state index in [0.717, 1.165) is 24.8 Å². The molecule has 5 atom stereocenters. The van der Waals surface area contributed by atoms with Crippen molar-refractivity contribution in [2.24, 2.45) is 11.7 Å². The molecule has 7 heteroatoms. The van der Waals surface area contributed by atoms with Gasteiger partial charge in [-0.15, -0.1) is 0 Å². The fraction of sp³-hybridized carbons (Fsp3) is 0.548. The van der Waals surface area contributed by atoms with Crippen LogP contribution in [0.2, 0.25) is 0 Å². The number of esters is 1. The van der Waals surface area contributed by atoms with E-state index >= 15 is 0 Å². The summed E-state index contributed by atoms with van der Waals surface area (Å²) in [6, 6.07) is 19.1. The summed E-state index contributed by atoms with van der Waals surface area (Å²) < 4.78 is 11.3. The van der Waals surface area contributed by atoms with E-state index in [1.54, 1.807) is 0 Å². The first-order valence-corrected chi connectivity index (χ1v) is 13.8. The molecule has 208 valence electrons. The van der Waals surface area contributed by atoms with Crippen molar-refractivity contribution in [1.82, 2.24) is 10.2 Å². The Balaban J connectivity index is 1.83. The Morgan fingerprint density at radius 2 is 1.66 bits per heavy atom. The second-order valence-electron chi connectivity index (χ2n) is 11.5. The molecule has 0 spiro atoms. The topological polar surface area (TPSA) is 93.9 Å². The number of ether oxygens (including phenoxy) is 2. The van der Waals surface area contributed by atoms with E-state index in [1.807, 2.05) is 76.2 Å². The van der Waals surface area contributed by atoms with Gasteiger partial charge in [-0.1, -0.05) is 74.0 Å². The third kappa shape index (κ3) is 8.84. The quantitative estimate of drug-likeness (QED) is 0.399. The molecule has 0 aromatic heterocycles. The minimum Gasteiger partial charge on any atom is -0.459 e. The van der Waals surface area contributed by atoms with E-state index in [0.29, 0.717) is 13.0 Å². The van der Waals surface area contributed by atoms with E-state index < -0.39 is 17.7 Å². The van der Waals surface area contributed by atoms with Crippen molar-refractivity contribution in [3.05, 3.63) is 71.8 Å². The van der Waals surface area contributed by atoms with E-state index in [1.165, 1.54) is 5.56 Å². The predicted octanol–water partition coefficient (Wildman–Crippen LogP) is 5.07. The monoisotopic (exact) mass is 523 g/mol. The highest BCUT2D eigenvalue weighted by Crippen LogP contribution is 2.32. The van der Waals surface area contributed by atoms with Crippen molar-refractivity contribution in [2.45, 2.75) is 96.7 Å². The van der Waals surface area contributed by atoms with E-state index in [-0.39, 0.29) is 36.6 Å². The maximum atomic E-state index is 13.5. The molecule has 1 aliphatic rings. The molecule has 1 fully saturated rings.